The Labute approximate surface area is 256 Å². The van der Waals surface area contributed by atoms with Gasteiger partial charge in [-0.2, -0.15) is 0 Å². The van der Waals surface area contributed by atoms with Crippen LogP contribution < -0.4 is 14.2 Å². The molecule has 2 heterocycles. The summed E-state index contributed by atoms with van der Waals surface area (Å²) in [4.78, 5) is 21.7. The number of benzene rings is 3. The van der Waals surface area contributed by atoms with E-state index >= 15 is 0 Å². The van der Waals surface area contributed by atoms with Crippen LogP contribution in [0.25, 0.3) is 27.8 Å². The average molecular weight is 603 g/mol. The minimum atomic E-state index is 0.0200. The first-order valence-corrected chi connectivity index (χ1v) is 15.1. The van der Waals surface area contributed by atoms with Crippen LogP contribution in [0.5, 0.6) is 17.2 Å². The normalized spacial score (nSPS) is 14.1. The maximum Gasteiger partial charge on any atom is 0.249 e. The Balaban J connectivity index is 1.34. The topological polar surface area (TPSA) is 60.9 Å². The largest absolute Gasteiger partial charge is 0.496 e. The number of hydrogen-bond donors (Lipinski definition) is 0. The Morgan fingerprint density at radius 2 is 1.50 bits per heavy atom. The fraction of sp³-hybridized carbons (Fsp3) is 0.294. The smallest absolute Gasteiger partial charge is 0.249 e. The van der Waals surface area contributed by atoms with Crippen LogP contribution in [0.15, 0.2) is 66.2 Å². The minimum absolute atomic E-state index is 0.0200. The van der Waals surface area contributed by atoms with Gasteiger partial charge in [-0.15, -0.1) is 11.3 Å². The third-order valence-electron chi connectivity index (χ3n) is 7.65. The highest BCUT2D eigenvalue weighted by Gasteiger charge is 2.28. The van der Waals surface area contributed by atoms with Crippen molar-refractivity contribution in [2.24, 2.45) is 0 Å². The Morgan fingerprint density at radius 3 is 2.12 bits per heavy atom. The molecule has 1 aromatic heterocycles. The molecule has 6 nitrogen and oxygen atoms in total. The number of aryl methyl sites for hydroxylation is 1. The third-order valence-corrected chi connectivity index (χ3v) is 9.17. The SMILES string of the molecule is COc1cc(OC)c(OC)cc1C=C(C)C(=O)N1CCC(c2nc(-c3ccc(Cl)cc3)c(-c3ccc(C)cc3)s2)CC1. The first-order valence-electron chi connectivity index (χ1n) is 13.9. The van der Waals surface area contributed by atoms with Crippen molar-refractivity contribution in [2.75, 3.05) is 34.4 Å². The van der Waals surface area contributed by atoms with Crippen molar-refractivity contribution in [1.29, 1.82) is 0 Å². The second-order valence-corrected chi connectivity index (χ2v) is 11.9. The van der Waals surface area contributed by atoms with Crippen molar-refractivity contribution in [2.45, 2.75) is 32.6 Å². The number of ether oxygens (including phenoxy) is 3. The molecule has 0 saturated carbocycles. The minimum Gasteiger partial charge on any atom is -0.496 e. The predicted octanol–water partition coefficient (Wildman–Crippen LogP) is 8.27. The van der Waals surface area contributed by atoms with Gasteiger partial charge in [0.15, 0.2) is 11.5 Å². The van der Waals surface area contributed by atoms with E-state index in [0.29, 0.717) is 46.9 Å². The summed E-state index contributed by atoms with van der Waals surface area (Å²) >= 11 is 7.93. The Morgan fingerprint density at radius 1 is 0.905 bits per heavy atom. The highest BCUT2D eigenvalue weighted by Crippen LogP contribution is 2.42. The Hall–Kier alpha value is -3.81. The molecule has 0 bridgehead atoms. The lowest BCUT2D eigenvalue weighted by Gasteiger charge is -2.31. The summed E-state index contributed by atoms with van der Waals surface area (Å²) in [6.45, 7) is 5.29. The molecule has 1 fully saturated rings. The zero-order valence-electron chi connectivity index (χ0n) is 24.6. The van der Waals surface area contributed by atoms with Crippen LogP contribution in [-0.4, -0.2) is 50.2 Å². The molecule has 1 amide bonds. The number of likely N-dealkylation sites (tertiary alicyclic amines) is 1. The number of carbonyl (C=O) groups is 1. The van der Waals surface area contributed by atoms with Crippen molar-refractivity contribution in [3.63, 3.8) is 0 Å². The van der Waals surface area contributed by atoms with Gasteiger partial charge in [-0.05, 0) is 56.5 Å². The van der Waals surface area contributed by atoms with Crippen LogP contribution in [0, 0.1) is 6.92 Å². The number of aromatic nitrogens is 1. The van der Waals surface area contributed by atoms with Gasteiger partial charge in [-0.25, -0.2) is 4.98 Å². The molecule has 3 aromatic carbocycles. The fourth-order valence-corrected chi connectivity index (χ4v) is 6.64. The molecule has 8 heteroatoms. The lowest BCUT2D eigenvalue weighted by Crippen LogP contribution is -2.38. The second-order valence-electron chi connectivity index (χ2n) is 10.4. The number of hydrogen-bond acceptors (Lipinski definition) is 6. The van der Waals surface area contributed by atoms with Crippen LogP contribution in [0.4, 0.5) is 0 Å². The molecular weight excluding hydrogens is 568 g/mol. The van der Waals surface area contributed by atoms with Crippen LogP contribution >= 0.6 is 22.9 Å². The molecular formula is C34H35ClN2O4S. The van der Waals surface area contributed by atoms with Crippen LogP contribution in [0.1, 0.15) is 41.8 Å². The summed E-state index contributed by atoms with van der Waals surface area (Å²) in [6.07, 6.45) is 3.57. The van der Waals surface area contributed by atoms with E-state index in [1.807, 2.05) is 48.2 Å². The van der Waals surface area contributed by atoms with Crippen LogP contribution in [0.2, 0.25) is 5.02 Å². The van der Waals surface area contributed by atoms with E-state index < -0.39 is 0 Å². The van der Waals surface area contributed by atoms with Gasteiger partial charge in [0.05, 0.1) is 36.9 Å². The molecule has 42 heavy (non-hydrogen) atoms. The highest BCUT2D eigenvalue weighted by molar-refractivity contribution is 7.15. The number of rotatable bonds is 8. The average Bonchev–Trinajstić information content (AvgIpc) is 3.46. The molecule has 0 unspecified atom stereocenters. The van der Waals surface area contributed by atoms with E-state index in [1.165, 1.54) is 5.56 Å². The fourth-order valence-electron chi connectivity index (χ4n) is 5.25. The Kier molecular flexibility index (Phi) is 9.19. The maximum atomic E-state index is 13.4. The predicted molar refractivity (Wildman–Crippen MR) is 171 cm³/mol. The summed E-state index contributed by atoms with van der Waals surface area (Å²) < 4.78 is 16.4. The van der Waals surface area contributed by atoms with Crippen molar-refractivity contribution < 1.29 is 19.0 Å². The molecule has 0 atom stereocenters. The van der Waals surface area contributed by atoms with Crippen LogP contribution in [0.3, 0.4) is 0 Å². The van der Waals surface area contributed by atoms with Crippen molar-refractivity contribution in [1.82, 2.24) is 9.88 Å². The number of nitrogens with zero attached hydrogens (tertiary/aromatic N) is 2. The molecule has 0 radical (unpaired) electrons. The van der Waals surface area contributed by atoms with E-state index in [0.717, 1.165) is 45.1 Å². The highest BCUT2D eigenvalue weighted by atomic mass is 35.5. The number of piperidine rings is 1. The lowest BCUT2D eigenvalue weighted by molar-refractivity contribution is -0.128. The van der Waals surface area contributed by atoms with E-state index in [-0.39, 0.29) is 5.91 Å². The van der Waals surface area contributed by atoms with E-state index in [1.54, 1.807) is 38.7 Å². The maximum absolute atomic E-state index is 13.4. The van der Waals surface area contributed by atoms with Gasteiger partial charge in [-0.3, -0.25) is 4.79 Å². The van der Waals surface area contributed by atoms with Gasteiger partial charge >= 0.3 is 0 Å². The quantitative estimate of drug-likeness (QED) is 0.190. The number of thiazole rings is 1. The second kappa shape index (κ2) is 13.0. The number of halogens is 1. The van der Waals surface area contributed by atoms with Crippen molar-refractivity contribution in [3.05, 3.63) is 87.4 Å². The van der Waals surface area contributed by atoms with E-state index in [9.17, 15) is 4.79 Å². The summed E-state index contributed by atoms with van der Waals surface area (Å²) in [5.41, 5.74) is 5.82. The molecule has 0 aliphatic carbocycles. The Bertz CT molecular complexity index is 1520. The molecule has 4 aromatic rings. The van der Waals surface area contributed by atoms with Gasteiger partial charge in [-0.1, -0.05) is 53.6 Å². The zero-order valence-corrected chi connectivity index (χ0v) is 26.1. The standard InChI is InChI=1S/C34H35ClN2O4S/c1-21-6-8-24(9-7-21)32-31(23-10-12-27(35)13-11-23)36-33(42-32)25-14-16-37(17-15-25)34(38)22(2)18-26-19-29(40-4)30(41-5)20-28(26)39-3/h6-13,18-20,25H,14-17H2,1-5H3. The molecule has 1 aliphatic rings. The van der Waals surface area contributed by atoms with E-state index in [4.69, 9.17) is 30.8 Å². The first kappa shape index (κ1) is 29.7. The first-order chi connectivity index (χ1) is 20.3. The molecule has 218 valence electrons. The monoisotopic (exact) mass is 602 g/mol. The van der Waals surface area contributed by atoms with Gasteiger partial charge in [0, 0.05) is 46.8 Å². The summed E-state index contributed by atoms with van der Waals surface area (Å²) in [5, 5.41) is 1.82. The van der Waals surface area contributed by atoms with E-state index in [2.05, 4.69) is 31.2 Å². The zero-order chi connectivity index (χ0) is 29.8. The van der Waals surface area contributed by atoms with Gasteiger partial charge in [0.25, 0.3) is 0 Å². The van der Waals surface area contributed by atoms with Gasteiger partial charge < -0.3 is 19.1 Å². The lowest BCUT2D eigenvalue weighted by atomic mass is 9.96. The summed E-state index contributed by atoms with van der Waals surface area (Å²) in [7, 11) is 4.77. The third kappa shape index (κ3) is 6.32. The number of methoxy groups -OCH3 is 3. The van der Waals surface area contributed by atoms with Crippen LogP contribution in [-0.2, 0) is 4.79 Å². The molecule has 1 aliphatic heterocycles. The molecule has 0 N–H and O–H groups in total. The van der Waals surface area contributed by atoms with Crippen molar-refractivity contribution >= 4 is 34.9 Å². The molecule has 0 spiro atoms. The molecule has 1 saturated heterocycles. The van der Waals surface area contributed by atoms with Gasteiger partial charge in [0.2, 0.25) is 5.91 Å². The number of carbonyl (C=O) groups excluding carboxylic acids is 1. The molecule has 5 rings (SSSR count). The summed E-state index contributed by atoms with van der Waals surface area (Å²) in [5.74, 6) is 2.08. The van der Waals surface area contributed by atoms with Gasteiger partial charge in [0.1, 0.15) is 5.75 Å². The summed E-state index contributed by atoms with van der Waals surface area (Å²) in [6, 6.07) is 20.1. The number of amides is 1. The van der Waals surface area contributed by atoms with Crippen molar-refractivity contribution in [3.8, 4) is 38.9 Å².